The summed E-state index contributed by atoms with van der Waals surface area (Å²) >= 11 is 5.30. The zero-order valence-corrected chi connectivity index (χ0v) is 11.9. The molecule has 0 aliphatic heterocycles. The van der Waals surface area contributed by atoms with Crippen molar-refractivity contribution in [1.82, 2.24) is 14.8 Å². The fourth-order valence-electron chi connectivity index (χ4n) is 2.00. The average molecular weight is 261 g/mol. The summed E-state index contributed by atoms with van der Waals surface area (Å²) in [4.78, 5) is 0. The molecule has 0 saturated heterocycles. The van der Waals surface area contributed by atoms with Crippen LogP contribution in [0.5, 0.6) is 0 Å². The van der Waals surface area contributed by atoms with Gasteiger partial charge in [-0.05, 0) is 42.3 Å². The van der Waals surface area contributed by atoms with E-state index in [0.29, 0.717) is 10.7 Å². The fraction of sp³-hybridized carbons (Fsp3) is 0.429. The van der Waals surface area contributed by atoms with Crippen molar-refractivity contribution in [3.05, 3.63) is 40.4 Å². The van der Waals surface area contributed by atoms with Crippen molar-refractivity contribution in [2.75, 3.05) is 0 Å². The fourth-order valence-corrected chi connectivity index (χ4v) is 2.25. The van der Waals surface area contributed by atoms with Crippen LogP contribution in [-0.4, -0.2) is 14.8 Å². The first kappa shape index (κ1) is 13.0. The van der Waals surface area contributed by atoms with E-state index in [1.807, 2.05) is 4.57 Å². The quantitative estimate of drug-likeness (QED) is 0.844. The number of rotatable bonds is 4. The summed E-state index contributed by atoms with van der Waals surface area (Å²) in [6.07, 6.45) is 1.99. The second kappa shape index (κ2) is 5.48. The lowest BCUT2D eigenvalue weighted by Gasteiger charge is -2.09. The van der Waals surface area contributed by atoms with Gasteiger partial charge in [-0.3, -0.25) is 9.67 Å². The maximum atomic E-state index is 5.30. The summed E-state index contributed by atoms with van der Waals surface area (Å²) in [7, 11) is 0. The van der Waals surface area contributed by atoms with Gasteiger partial charge in [0.15, 0.2) is 4.77 Å². The average Bonchev–Trinajstić information content (AvgIpc) is 2.71. The topological polar surface area (TPSA) is 33.6 Å². The molecule has 1 aromatic carbocycles. The van der Waals surface area contributed by atoms with Crippen LogP contribution < -0.4 is 0 Å². The van der Waals surface area contributed by atoms with Crippen LogP contribution in [-0.2, 0) is 6.42 Å². The van der Waals surface area contributed by atoms with Gasteiger partial charge in [0.05, 0.1) is 0 Å². The molecular weight excluding hydrogens is 242 g/mol. The summed E-state index contributed by atoms with van der Waals surface area (Å²) in [5, 5.41) is 7.16. The van der Waals surface area contributed by atoms with Crippen molar-refractivity contribution >= 4 is 12.2 Å². The van der Waals surface area contributed by atoms with Crippen molar-refractivity contribution in [2.24, 2.45) is 0 Å². The Kier molecular flexibility index (Phi) is 3.97. The van der Waals surface area contributed by atoms with E-state index in [1.165, 1.54) is 5.56 Å². The maximum absolute atomic E-state index is 5.30. The molecular formula is C14H19N3S. The van der Waals surface area contributed by atoms with Gasteiger partial charge in [-0.1, -0.05) is 32.9 Å². The van der Waals surface area contributed by atoms with Crippen LogP contribution in [0.1, 0.15) is 44.5 Å². The van der Waals surface area contributed by atoms with E-state index in [9.17, 15) is 0 Å². The van der Waals surface area contributed by atoms with E-state index in [2.05, 4.69) is 55.2 Å². The maximum Gasteiger partial charge on any atom is 0.199 e. The van der Waals surface area contributed by atoms with Crippen LogP contribution >= 0.6 is 12.2 Å². The van der Waals surface area contributed by atoms with Crippen molar-refractivity contribution in [1.29, 1.82) is 0 Å². The van der Waals surface area contributed by atoms with Crippen LogP contribution in [0, 0.1) is 4.77 Å². The molecule has 0 fully saturated rings. The zero-order chi connectivity index (χ0) is 13.1. The minimum atomic E-state index is 0.548. The molecule has 1 heterocycles. The number of nitrogens with one attached hydrogen (secondary N) is 1. The summed E-state index contributed by atoms with van der Waals surface area (Å²) < 4.78 is 2.68. The lowest BCUT2D eigenvalue weighted by molar-refractivity contribution is 0.800. The van der Waals surface area contributed by atoms with Crippen LogP contribution in [0.2, 0.25) is 0 Å². The number of hydrogen-bond donors (Lipinski definition) is 1. The van der Waals surface area contributed by atoms with E-state index < -0.39 is 0 Å². The molecule has 96 valence electrons. The van der Waals surface area contributed by atoms with Gasteiger partial charge in [0, 0.05) is 12.1 Å². The first-order valence-electron chi connectivity index (χ1n) is 6.40. The smallest absolute Gasteiger partial charge is 0.199 e. The molecule has 0 aliphatic carbocycles. The van der Waals surface area contributed by atoms with E-state index >= 15 is 0 Å². The number of benzene rings is 1. The number of aryl methyl sites for hydroxylation is 1. The second-order valence-corrected chi connectivity index (χ2v) is 5.16. The number of nitrogens with zero attached hydrogens (tertiary/aromatic N) is 2. The van der Waals surface area contributed by atoms with Crippen LogP contribution in [0.25, 0.3) is 5.69 Å². The number of H-pyrrole nitrogens is 1. The molecule has 0 aliphatic rings. The third-order valence-electron chi connectivity index (χ3n) is 3.03. The molecule has 0 saturated carbocycles. The van der Waals surface area contributed by atoms with Crippen LogP contribution in [0.4, 0.5) is 0 Å². The SMILES string of the molecule is CCCc1n[nH]c(=S)n1-c1ccc(C(C)C)cc1. The van der Waals surface area contributed by atoms with Gasteiger partial charge >= 0.3 is 0 Å². The van der Waals surface area contributed by atoms with Crippen LogP contribution in [0.3, 0.4) is 0 Å². The Morgan fingerprint density at radius 2 is 1.94 bits per heavy atom. The Balaban J connectivity index is 2.42. The molecule has 0 spiro atoms. The third-order valence-corrected chi connectivity index (χ3v) is 3.31. The molecule has 1 aromatic heterocycles. The largest absolute Gasteiger partial charge is 0.272 e. The molecule has 0 atom stereocenters. The summed E-state index contributed by atoms with van der Waals surface area (Å²) in [5.41, 5.74) is 2.42. The highest BCUT2D eigenvalue weighted by atomic mass is 32.1. The monoisotopic (exact) mass is 261 g/mol. The molecule has 0 amide bonds. The molecule has 1 N–H and O–H groups in total. The highest BCUT2D eigenvalue weighted by molar-refractivity contribution is 7.71. The van der Waals surface area contributed by atoms with Crippen molar-refractivity contribution in [3.63, 3.8) is 0 Å². The lowest BCUT2D eigenvalue weighted by Crippen LogP contribution is -2.01. The Hall–Kier alpha value is -1.42. The molecule has 2 rings (SSSR count). The highest BCUT2D eigenvalue weighted by Gasteiger charge is 2.07. The van der Waals surface area contributed by atoms with Crippen molar-refractivity contribution in [2.45, 2.75) is 39.5 Å². The first-order chi connectivity index (χ1) is 8.63. The van der Waals surface area contributed by atoms with Crippen molar-refractivity contribution < 1.29 is 0 Å². The van der Waals surface area contributed by atoms with E-state index in [0.717, 1.165) is 24.4 Å². The first-order valence-corrected chi connectivity index (χ1v) is 6.81. The van der Waals surface area contributed by atoms with E-state index in [4.69, 9.17) is 12.2 Å². The normalized spacial score (nSPS) is 11.1. The zero-order valence-electron chi connectivity index (χ0n) is 11.1. The minimum absolute atomic E-state index is 0.548. The number of hydrogen-bond acceptors (Lipinski definition) is 2. The summed E-state index contributed by atoms with van der Waals surface area (Å²) in [6.45, 7) is 6.53. The lowest BCUT2D eigenvalue weighted by atomic mass is 10.0. The predicted molar refractivity (Wildman–Crippen MR) is 76.8 cm³/mol. The van der Waals surface area contributed by atoms with Gasteiger partial charge < -0.3 is 0 Å². The summed E-state index contributed by atoms with van der Waals surface area (Å²) in [6, 6.07) is 8.54. The highest BCUT2D eigenvalue weighted by Crippen LogP contribution is 2.18. The van der Waals surface area contributed by atoms with Gasteiger partial charge in [0.25, 0.3) is 0 Å². The van der Waals surface area contributed by atoms with Gasteiger partial charge in [0.2, 0.25) is 0 Å². The number of aromatic nitrogens is 3. The minimum Gasteiger partial charge on any atom is -0.272 e. The molecule has 0 radical (unpaired) electrons. The van der Waals surface area contributed by atoms with Gasteiger partial charge in [-0.15, -0.1) is 0 Å². The summed E-state index contributed by atoms with van der Waals surface area (Å²) in [5.74, 6) is 1.55. The van der Waals surface area contributed by atoms with Crippen LogP contribution in [0.15, 0.2) is 24.3 Å². The Bertz CT molecular complexity index is 563. The van der Waals surface area contributed by atoms with Gasteiger partial charge in [-0.25, -0.2) is 0 Å². The van der Waals surface area contributed by atoms with E-state index in [1.54, 1.807) is 0 Å². The Morgan fingerprint density at radius 3 is 2.50 bits per heavy atom. The predicted octanol–water partition coefficient (Wildman–Crippen LogP) is 4.01. The molecule has 18 heavy (non-hydrogen) atoms. The Labute approximate surface area is 113 Å². The molecule has 0 bridgehead atoms. The third kappa shape index (κ3) is 2.53. The van der Waals surface area contributed by atoms with Crippen molar-refractivity contribution in [3.8, 4) is 5.69 Å². The standard InChI is InChI=1S/C14H19N3S/c1-4-5-13-15-16-14(18)17(13)12-8-6-11(7-9-12)10(2)3/h6-10H,4-5H2,1-3H3,(H,16,18). The van der Waals surface area contributed by atoms with E-state index in [-0.39, 0.29) is 0 Å². The Morgan fingerprint density at radius 1 is 1.28 bits per heavy atom. The molecule has 3 nitrogen and oxygen atoms in total. The molecule has 2 aromatic rings. The number of aromatic amines is 1. The molecule has 0 unspecified atom stereocenters. The van der Waals surface area contributed by atoms with Gasteiger partial charge in [0.1, 0.15) is 5.82 Å². The van der Waals surface area contributed by atoms with Gasteiger partial charge in [-0.2, -0.15) is 5.10 Å². The second-order valence-electron chi connectivity index (χ2n) is 4.78. The molecule has 4 heteroatoms.